The Morgan fingerprint density at radius 1 is 0.405 bits per heavy atom. The van der Waals surface area contributed by atoms with Gasteiger partial charge in [-0.15, -0.1) is 0 Å². The molecule has 0 radical (unpaired) electrons. The van der Waals surface area contributed by atoms with Gasteiger partial charge in [0.25, 0.3) is 22.7 Å². The van der Waals surface area contributed by atoms with E-state index in [0.29, 0.717) is 44.5 Å². The van der Waals surface area contributed by atoms with Gasteiger partial charge in [-0.2, -0.15) is 0 Å². The second-order valence-corrected chi connectivity index (χ2v) is 8.70. The molecule has 4 aromatic rings. The predicted molar refractivity (Wildman–Crippen MR) is 129 cm³/mol. The number of benzene rings is 4. The van der Waals surface area contributed by atoms with Crippen LogP contribution in [0.5, 0.6) is 0 Å². The van der Waals surface area contributed by atoms with Gasteiger partial charge in [0.1, 0.15) is 0 Å². The second-order valence-electron chi connectivity index (χ2n) is 8.70. The van der Waals surface area contributed by atoms with E-state index in [1.165, 1.54) is 48.5 Å². The third-order valence-corrected chi connectivity index (χ3v) is 7.05. The average Bonchev–Trinajstić information content (AvgIpc) is 3.33. The van der Waals surface area contributed by atoms with Crippen molar-refractivity contribution in [1.82, 2.24) is 0 Å². The van der Waals surface area contributed by atoms with Crippen molar-refractivity contribution in [2.75, 3.05) is 0 Å². The number of non-ortho nitro benzene ring substituents is 4. The smallest absolute Gasteiger partial charge is 0.258 e. The van der Waals surface area contributed by atoms with Gasteiger partial charge in [-0.05, 0) is 68.8 Å². The van der Waals surface area contributed by atoms with Crippen molar-refractivity contribution in [3.05, 3.63) is 136 Å². The van der Waals surface area contributed by atoms with Gasteiger partial charge in [-0.1, -0.05) is 0 Å². The van der Waals surface area contributed by atoms with Crippen molar-refractivity contribution >= 4 is 22.7 Å². The zero-order chi connectivity index (χ0) is 26.2. The zero-order valence-corrected chi connectivity index (χ0v) is 18.5. The summed E-state index contributed by atoms with van der Waals surface area (Å²) >= 11 is 0. The Morgan fingerprint density at radius 3 is 0.811 bits per heavy atom. The van der Waals surface area contributed by atoms with Crippen LogP contribution in [0.2, 0.25) is 0 Å². The molecule has 2 aliphatic rings. The normalized spacial score (nSPS) is 13.4. The molecular weight excluding hydrogens is 484 g/mol. The number of nitro benzene ring substituents is 4. The van der Waals surface area contributed by atoms with E-state index in [0.717, 1.165) is 0 Å². The molecule has 12 heteroatoms. The Hall–Kier alpha value is -5.52. The Labute approximate surface area is 206 Å². The molecule has 0 aliphatic heterocycles. The summed E-state index contributed by atoms with van der Waals surface area (Å²) in [6, 6.07) is 17.0. The molecule has 37 heavy (non-hydrogen) atoms. The fourth-order valence-corrected chi connectivity index (χ4v) is 5.65. The standard InChI is InChI=1S/C25H12N4O8/c30-26(31)13-1-5-21-17(9-13)18-10-14(27(32)33)2-6-22(18)25(21)23-7-3-15(28(34)35)11-19(23)20-12-16(29(36)37)4-8-24(20)25/h1-12H. The molecule has 180 valence electrons. The molecule has 0 saturated heterocycles. The minimum atomic E-state index is -1.15. The van der Waals surface area contributed by atoms with Crippen LogP contribution in [-0.4, -0.2) is 19.7 Å². The van der Waals surface area contributed by atoms with Gasteiger partial charge in [0, 0.05) is 48.5 Å². The Morgan fingerprint density at radius 2 is 0.622 bits per heavy atom. The zero-order valence-electron chi connectivity index (χ0n) is 18.5. The van der Waals surface area contributed by atoms with Crippen LogP contribution in [0, 0.1) is 40.5 Å². The number of nitro groups is 4. The highest BCUT2D eigenvalue weighted by Crippen LogP contribution is 2.64. The highest BCUT2D eigenvalue weighted by molar-refractivity contribution is 5.96. The van der Waals surface area contributed by atoms with Gasteiger partial charge in [0.05, 0.1) is 25.1 Å². The fourth-order valence-electron chi connectivity index (χ4n) is 5.65. The van der Waals surface area contributed by atoms with Gasteiger partial charge >= 0.3 is 0 Å². The van der Waals surface area contributed by atoms with Crippen molar-refractivity contribution in [2.24, 2.45) is 0 Å². The Kier molecular flexibility index (Phi) is 4.30. The van der Waals surface area contributed by atoms with Crippen LogP contribution in [0.15, 0.2) is 72.8 Å². The van der Waals surface area contributed by atoms with Gasteiger partial charge < -0.3 is 0 Å². The van der Waals surface area contributed by atoms with Crippen LogP contribution < -0.4 is 0 Å². The first kappa shape index (κ1) is 22.0. The van der Waals surface area contributed by atoms with Crippen molar-refractivity contribution < 1.29 is 19.7 Å². The topological polar surface area (TPSA) is 173 Å². The molecule has 0 unspecified atom stereocenters. The number of fused-ring (bicyclic) bond motifs is 10. The molecule has 1 spiro atoms. The van der Waals surface area contributed by atoms with E-state index in [2.05, 4.69) is 0 Å². The van der Waals surface area contributed by atoms with E-state index in [-0.39, 0.29) is 22.7 Å². The molecule has 0 atom stereocenters. The molecule has 0 fully saturated rings. The number of hydrogen-bond donors (Lipinski definition) is 0. The van der Waals surface area contributed by atoms with Gasteiger partial charge in [-0.3, -0.25) is 40.5 Å². The van der Waals surface area contributed by atoms with Crippen LogP contribution in [0.1, 0.15) is 22.3 Å². The summed E-state index contributed by atoms with van der Waals surface area (Å²) in [7, 11) is 0. The van der Waals surface area contributed by atoms with Crippen LogP contribution in [0.4, 0.5) is 22.7 Å². The summed E-state index contributed by atoms with van der Waals surface area (Å²) in [4.78, 5) is 44.0. The van der Waals surface area contributed by atoms with E-state index < -0.39 is 25.1 Å². The van der Waals surface area contributed by atoms with Crippen molar-refractivity contribution in [2.45, 2.75) is 5.41 Å². The molecule has 0 amide bonds. The maximum Gasteiger partial charge on any atom is 0.270 e. The van der Waals surface area contributed by atoms with E-state index in [4.69, 9.17) is 0 Å². The quantitative estimate of drug-likeness (QED) is 0.222. The van der Waals surface area contributed by atoms with E-state index >= 15 is 0 Å². The first-order valence-electron chi connectivity index (χ1n) is 10.8. The lowest BCUT2D eigenvalue weighted by Gasteiger charge is -2.30. The summed E-state index contributed by atoms with van der Waals surface area (Å²) in [5.74, 6) is 0. The summed E-state index contributed by atoms with van der Waals surface area (Å²) < 4.78 is 0. The molecule has 0 heterocycles. The first-order valence-corrected chi connectivity index (χ1v) is 10.8. The molecule has 0 aromatic heterocycles. The molecule has 4 aromatic carbocycles. The summed E-state index contributed by atoms with van der Waals surface area (Å²) in [6.45, 7) is 0. The summed E-state index contributed by atoms with van der Waals surface area (Å²) in [5, 5.41) is 46.3. The van der Waals surface area contributed by atoms with Crippen LogP contribution >= 0.6 is 0 Å². The molecule has 2 aliphatic carbocycles. The van der Waals surface area contributed by atoms with Crippen LogP contribution in [-0.2, 0) is 5.41 Å². The monoisotopic (exact) mass is 496 g/mol. The molecular formula is C25H12N4O8. The maximum atomic E-state index is 11.6. The number of rotatable bonds is 4. The lowest BCUT2D eigenvalue weighted by Crippen LogP contribution is -2.25. The third kappa shape index (κ3) is 2.77. The van der Waals surface area contributed by atoms with Gasteiger partial charge in [0.2, 0.25) is 0 Å². The van der Waals surface area contributed by atoms with Crippen molar-refractivity contribution in [3.63, 3.8) is 0 Å². The van der Waals surface area contributed by atoms with E-state index in [1.807, 2.05) is 0 Å². The van der Waals surface area contributed by atoms with Gasteiger partial charge in [0.15, 0.2) is 0 Å². The second kappa shape index (κ2) is 7.24. The number of nitrogens with zero attached hydrogens (tertiary/aromatic N) is 4. The Bertz CT molecular complexity index is 1500. The highest BCUT2D eigenvalue weighted by atomic mass is 16.6. The minimum Gasteiger partial charge on any atom is -0.258 e. The van der Waals surface area contributed by atoms with Crippen molar-refractivity contribution in [3.8, 4) is 22.3 Å². The molecule has 0 saturated carbocycles. The lowest BCUT2D eigenvalue weighted by atomic mass is 9.70. The average molecular weight is 496 g/mol. The molecule has 6 rings (SSSR count). The van der Waals surface area contributed by atoms with E-state index in [1.54, 1.807) is 24.3 Å². The maximum absolute atomic E-state index is 11.6. The minimum absolute atomic E-state index is 0.209. The number of hydrogen-bond acceptors (Lipinski definition) is 8. The van der Waals surface area contributed by atoms with Crippen LogP contribution in [0.25, 0.3) is 22.3 Å². The van der Waals surface area contributed by atoms with Gasteiger partial charge in [-0.25, -0.2) is 0 Å². The van der Waals surface area contributed by atoms with E-state index in [9.17, 15) is 40.5 Å². The summed E-state index contributed by atoms with van der Waals surface area (Å²) in [6.07, 6.45) is 0. The predicted octanol–water partition coefficient (Wildman–Crippen LogP) is 5.66. The Balaban J connectivity index is 1.79. The first-order chi connectivity index (χ1) is 17.6. The third-order valence-electron chi connectivity index (χ3n) is 7.05. The molecule has 0 bridgehead atoms. The van der Waals surface area contributed by atoms with Crippen molar-refractivity contribution in [1.29, 1.82) is 0 Å². The summed E-state index contributed by atoms with van der Waals surface area (Å²) in [5.41, 5.74) is 1.96. The SMILES string of the molecule is O=[N+]([O-])c1ccc2c(c1)-c1cc([N+](=O)[O-])ccc1C21c2ccc([N+](=O)[O-])cc2-c2cc([N+](=O)[O-])ccc21. The lowest BCUT2D eigenvalue weighted by molar-refractivity contribution is -0.385. The molecule has 12 nitrogen and oxygen atoms in total. The fraction of sp³-hybridized carbons (Fsp3) is 0.0400. The van der Waals surface area contributed by atoms with Crippen LogP contribution in [0.3, 0.4) is 0 Å². The largest absolute Gasteiger partial charge is 0.270 e. The highest BCUT2D eigenvalue weighted by Gasteiger charge is 2.53. The molecule has 0 N–H and O–H groups in total.